The highest BCUT2D eigenvalue weighted by molar-refractivity contribution is 5.79. The predicted molar refractivity (Wildman–Crippen MR) is 116 cm³/mol. The molecule has 2 N–H and O–H groups in total. The zero-order valence-corrected chi connectivity index (χ0v) is 17.8. The van der Waals surface area contributed by atoms with Gasteiger partial charge in [0.2, 0.25) is 0 Å². The molecule has 3 rings (SSSR count). The van der Waals surface area contributed by atoms with Crippen molar-refractivity contribution in [2.24, 2.45) is 4.99 Å². The second kappa shape index (κ2) is 10.1. The third kappa shape index (κ3) is 5.39. The van der Waals surface area contributed by atoms with Crippen LogP contribution in [0.3, 0.4) is 0 Å². The molecule has 1 aromatic rings. The lowest BCUT2D eigenvalue weighted by Gasteiger charge is -2.50. The molecular weight excluding hydrogens is 350 g/mol. The smallest absolute Gasteiger partial charge is 0.191 e. The first-order valence-electron chi connectivity index (χ1n) is 10.7. The van der Waals surface area contributed by atoms with Gasteiger partial charge in [0.25, 0.3) is 0 Å². The van der Waals surface area contributed by atoms with Crippen molar-refractivity contribution < 1.29 is 4.74 Å². The van der Waals surface area contributed by atoms with Crippen molar-refractivity contribution in [3.8, 4) is 5.75 Å². The van der Waals surface area contributed by atoms with Gasteiger partial charge in [0.15, 0.2) is 5.96 Å². The number of likely N-dealkylation sites (tertiary alicyclic amines) is 2. The van der Waals surface area contributed by atoms with Gasteiger partial charge in [-0.05, 0) is 76.6 Å². The summed E-state index contributed by atoms with van der Waals surface area (Å²) < 4.78 is 5.32. The molecule has 0 aliphatic carbocycles. The molecule has 6 heteroatoms. The summed E-state index contributed by atoms with van der Waals surface area (Å²) in [5.74, 6) is 1.76. The fourth-order valence-corrected chi connectivity index (χ4v) is 4.44. The number of hydrogen-bond donors (Lipinski definition) is 2. The topological polar surface area (TPSA) is 52.1 Å². The van der Waals surface area contributed by atoms with Gasteiger partial charge in [0, 0.05) is 25.7 Å². The Morgan fingerprint density at radius 1 is 1.11 bits per heavy atom. The van der Waals surface area contributed by atoms with E-state index in [9.17, 15) is 0 Å². The lowest BCUT2D eigenvalue weighted by molar-refractivity contribution is 0.0173. The summed E-state index contributed by atoms with van der Waals surface area (Å²) in [6.07, 6.45) is 6.50. The number of nitrogens with zero attached hydrogens (tertiary/aromatic N) is 3. The van der Waals surface area contributed by atoms with Crippen molar-refractivity contribution in [2.45, 2.75) is 44.2 Å². The number of aliphatic imine (C=N–C) groups is 1. The molecule has 28 heavy (non-hydrogen) atoms. The Hall–Kier alpha value is -1.79. The number of nitrogens with one attached hydrogen (secondary N) is 2. The second-order valence-electron chi connectivity index (χ2n) is 8.21. The Morgan fingerprint density at radius 2 is 1.86 bits per heavy atom. The highest BCUT2D eigenvalue weighted by atomic mass is 16.5. The van der Waals surface area contributed by atoms with Crippen LogP contribution in [0.4, 0.5) is 0 Å². The van der Waals surface area contributed by atoms with Crippen molar-refractivity contribution >= 4 is 5.96 Å². The third-order valence-corrected chi connectivity index (χ3v) is 6.35. The molecule has 2 saturated heterocycles. The zero-order chi connectivity index (χ0) is 19.8. The number of guanidine groups is 1. The minimum absolute atomic E-state index is 0.251. The standard InChI is InChI=1S/C22H37N5O/c1-23-21(24-17-19-8-7-9-20(16-19)28-3)25-18-22(10-14-26(2)15-11-22)27-12-5-4-6-13-27/h7-9,16H,4-6,10-15,17-18H2,1-3H3,(H2,23,24,25). The number of benzene rings is 1. The summed E-state index contributed by atoms with van der Waals surface area (Å²) in [7, 11) is 5.79. The van der Waals surface area contributed by atoms with Gasteiger partial charge in [-0.3, -0.25) is 9.89 Å². The summed E-state index contributed by atoms with van der Waals surface area (Å²) in [5.41, 5.74) is 1.44. The average molecular weight is 388 g/mol. The maximum Gasteiger partial charge on any atom is 0.191 e. The van der Waals surface area contributed by atoms with Crippen LogP contribution in [-0.2, 0) is 6.54 Å². The monoisotopic (exact) mass is 387 g/mol. The van der Waals surface area contributed by atoms with E-state index >= 15 is 0 Å². The maximum atomic E-state index is 5.32. The number of hydrogen-bond acceptors (Lipinski definition) is 4. The Bertz CT molecular complexity index is 634. The van der Waals surface area contributed by atoms with Crippen LogP contribution in [0.1, 0.15) is 37.7 Å². The summed E-state index contributed by atoms with van der Waals surface area (Å²) in [6.45, 7) is 6.51. The molecule has 2 heterocycles. The van der Waals surface area contributed by atoms with E-state index in [2.05, 4.69) is 44.6 Å². The molecule has 0 amide bonds. The normalized spacial score (nSPS) is 21.3. The van der Waals surface area contributed by atoms with Gasteiger partial charge < -0.3 is 20.3 Å². The van der Waals surface area contributed by atoms with E-state index in [0.29, 0.717) is 0 Å². The Morgan fingerprint density at radius 3 is 2.54 bits per heavy atom. The van der Waals surface area contributed by atoms with Crippen LogP contribution in [0.25, 0.3) is 0 Å². The predicted octanol–water partition coefficient (Wildman–Crippen LogP) is 2.31. The molecule has 0 unspecified atom stereocenters. The quantitative estimate of drug-likeness (QED) is 0.580. The van der Waals surface area contributed by atoms with Crippen LogP contribution < -0.4 is 15.4 Å². The van der Waals surface area contributed by atoms with Gasteiger partial charge in [-0.15, -0.1) is 0 Å². The highest BCUT2D eigenvalue weighted by Gasteiger charge is 2.39. The average Bonchev–Trinajstić information content (AvgIpc) is 2.76. The highest BCUT2D eigenvalue weighted by Crippen LogP contribution is 2.30. The van der Waals surface area contributed by atoms with Crippen molar-refractivity contribution in [3.05, 3.63) is 29.8 Å². The van der Waals surface area contributed by atoms with Gasteiger partial charge in [-0.2, -0.15) is 0 Å². The molecule has 2 fully saturated rings. The number of ether oxygens (including phenoxy) is 1. The molecule has 0 atom stereocenters. The summed E-state index contributed by atoms with van der Waals surface area (Å²) >= 11 is 0. The molecule has 6 nitrogen and oxygen atoms in total. The molecule has 2 aliphatic rings. The van der Waals surface area contributed by atoms with Crippen LogP contribution in [0.15, 0.2) is 29.3 Å². The number of rotatable bonds is 6. The molecule has 156 valence electrons. The summed E-state index contributed by atoms with van der Waals surface area (Å²) in [4.78, 5) is 9.67. The van der Waals surface area contributed by atoms with E-state index in [4.69, 9.17) is 4.74 Å². The number of methoxy groups -OCH3 is 1. The van der Waals surface area contributed by atoms with E-state index < -0.39 is 0 Å². The van der Waals surface area contributed by atoms with E-state index in [-0.39, 0.29) is 5.54 Å². The minimum Gasteiger partial charge on any atom is -0.497 e. The minimum atomic E-state index is 0.251. The SMILES string of the molecule is CN=C(NCc1cccc(OC)c1)NCC1(N2CCCCC2)CCN(C)CC1. The molecule has 0 spiro atoms. The molecule has 0 radical (unpaired) electrons. The van der Waals surface area contributed by atoms with Crippen LogP contribution >= 0.6 is 0 Å². The van der Waals surface area contributed by atoms with Gasteiger partial charge in [0.1, 0.15) is 5.75 Å². The van der Waals surface area contributed by atoms with Crippen molar-refractivity contribution in [3.63, 3.8) is 0 Å². The Labute approximate surface area is 170 Å². The molecule has 1 aromatic carbocycles. The maximum absolute atomic E-state index is 5.32. The number of piperidine rings is 2. The fraction of sp³-hybridized carbons (Fsp3) is 0.682. The van der Waals surface area contributed by atoms with E-state index in [0.717, 1.165) is 24.8 Å². The molecule has 0 aromatic heterocycles. The van der Waals surface area contributed by atoms with Gasteiger partial charge in [-0.25, -0.2) is 0 Å². The lowest BCUT2D eigenvalue weighted by Crippen LogP contribution is -2.62. The first kappa shape index (κ1) is 20.9. The summed E-state index contributed by atoms with van der Waals surface area (Å²) in [6, 6.07) is 8.16. The van der Waals surface area contributed by atoms with Crippen LogP contribution in [0.2, 0.25) is 0 Å². The largest absolute Gasteiger partial charge is 0.497 e. The van der Waals surface area contributed by atoms with E-state index in [1.807, 2.05) is 19.2 Å². The Kier molecular flexibility index (Phi) is 7.57. The molecule has 0 saturated carbocycles. The first-order chi connectivity index (χ1) is 13.6. The van der Waals surface area contributed by atoms with Crippen molar-refractivity contribution in [1.29, 1.82) is 0 Å². The molecule has 0 bridgehead atoms. The lowest BCUT2D eigenvalue weighted by atomic mass is 9.84. The van der Waals surface area contributed by atoms with Gasteiger partial charge in [-0.1, -0.05) is 18.6 Å². The van der Waals surface area contributed by atoms with Crippen molar-refractivity contribution in [1.82, 2.24) is 20.4 Å². The van der Waals surface area contributed by atoms with Gasteiger partial charge in [0.05, 0.1) is 7.11 Å². The zero-order valence-electron chi connectivity index (χ0n) is 17.8. The van der Waals surface area contributed by atoms with Crippen LogP contribution in [0, 0.1) is 0 Å². The van der Waals surface area contributed by atoms with Crippen LogP contribution in [0.5, 0.6) is 5.75 Å². The van der Waals surface area contributed by atoms with Crippen molar-refractivity contribution in [2.75, 3.05) is 53.9 Å². The molecular formula is C22H37N5O. The first-order valence-corrected chi connectivity index (χ1v) is 10.7. The van der Waals surface area contributed by atoms with Crippen LogP contribution in [-0.4, -0.2) is 75.2 Å². The third-order valence-electron chi connectivity index (χ3n) is 6.35. The second-order valence-corrected chi connectivity index (χ2v) is 8.21. The van der Waals surface area contributed by atoms with E-state index in [1.165, 1.54) is 63.8 Å². The summed E-state index contributed by atoms with van der Waals surface area (Å²) in [5, 5.41) is 7.10. The van der Waals surface area contributed by atoms with Gasteiger partial charge >= 0.3 is 0 Å². The Balaban J connectivity index is 1.59. The van der Waals surface area contributed by atoms with E-state index in [1.54, 1.807) is 7.11 Å². The fourth-order valence-electron chi connectivity index (χ4n) is 4.44. The molecule has 2 aliphatic heterocycles.